The van der Waals surface area contributed by atoms with E-state index in [4.69, 9.17) is 0 Å². The molecule has 122 valence electrons. The third-order valence-electron chi connectivity index (χ3n) is 9.43. The molecule has 0 aromatic heterocycles. The normalized spacial score (nSPS) is 61.2. The fourth-order valence-corrected chi connectivity index (χ4v) is 8.60. The maximum atomic E-state index is 12.5. The van der Waals surface area contributed by atoms with Crippen molar-refractivity contribution in [1.29, 1.82) is 0 Å². The molecule has 2 nitrogen and oxygen atoms in total. The van der Waals surface area contributed by atoms with Gasteiger partial charge in [-0.1, -0.05) is 20.8 Å². The summed E-state index contributed by atoms with van der Waals surface area (Å²) < 4.78 is 0. The quantitative estimate of drug-likeness (QED) is 0.735. The van der Waals surface area contributed by atoms with Gasteiger partial charge in [0.2, 0.25) is 0 Å². The lowest BCUT2D eigenvalue weighted by molar-refractivity contribution is -0.303. The highest BCUT2D eigenvalue weighted by atomic mass is 16.3. The van der Waals surface area contributed by atoms with Crippen LogP contribution in [0.25, 0.3) is 0 Å². The molecule has 0 amide bonds. The fourth-order valence-electron chi connectivity index (χ4n) is 8.60. The predicted octanol–water partition coefficient (Wildman–Crippen LogP) is 3.96. The molecule has 4 bridgehead atoms. The van der Waals surface area contributed by atoms with Crippen molar-refractivity contribution in [3.8, 4) is 0 Å². The molecule has 7 saturated carbocycles. The zero-order valence-corrected chi connectivity index (χ0v) is 14.3. The Morgan fingerprint density at radius 1 is 1.09 bits per heavy atom. The molecule has 2 heteroatoms. The molecule has 7 fully saturated rings. The molecular weight excluding hydrogens is 272 g/mol. The Morgan fingerprint density at radius 3 is 2.59 bits per heavy atom. The minimum atomic E-state index is -0.303. The third-order valence-corrected chi connectivity index (χ3v) is 9.43. The van der Waals surface area contributed by atoms with Gasteiger partial charge in [0.1, 0.15) is 5.78 Å². The van der Waals surface area contributed by atoms with Crippen LogP contribution >= 0.6 is 0 Å². The van der Waals surface area contributed by atoms with Crippen molar-refractivity contribution >= 4 is 5.78 Å². The van der Waals surface area contributed by atoms with Crippen molar-refractivity contribution < 1.29 is 9.90 Å². The summed E-state index contributed by atoms with van der Waals surface area (Å²) in [5, 5.41) is 10.9. The smallest absolute Gasteiger partial charge is 0.138 e. The van der Waals surface area contributed by atoms with Gasteiger partial charge in [0, 0.05) is 11.8 Å². The van der Waals surface area contributed by atoms with E-state index in [0.29, 0.717) is 28.4 Å². The zero-order chi connectivity index (χ0) is 15.5. The Labute approximate surface area is 134 Å². The van der Waals surface area contributed by atoms with Crippen LogP contribution in [0.2, 0.25) is 0 Å². The van der Waals surface area contributed by atoms with Crippen LogP contribution in [-0.4, -0.2) is 16.5 Å². The van der Waals surface area contributed by atoms with Crippen LogP contribution in [0.4, 0.5) is 0 Å². The molecule has 7 atom stereocenters. The summed E-state index contributed by atoms with van der Waals surface area (Å²) in [4.78, 5) is 12.5. The van der Waals surface area contributed by atoms with Crippen LogP contribution in [0.15, 0.2) is 0 Å². The van der Waals surface area contributed by atoms with Crippen LogP contribution in [0.5, 0.6) is 0 Å². The van der Waals surface area contributed by atoms with Gasteiger partial charge in [-0.3, -0.25) is 4.79 Å². The average Bonchev–Trinajstić information content (AvgIpc) is 2.42. The first-order valence-electron chi connectivity index (χ1n) is 9.47. The average molecular weight is 302 g/mol. The van der Waals surface area contributed by atoms with E-state index in [-0.39, 0.29) is 11.0 Å². The molecule has 1 spiro atoms. The van der Waals surface area contributed by atoms with Crippen LogP contribution < -0.4 is 0 Å². The Balaban J connectivity index is 1.57. The Hall–Kier alpha value is -0.370. The van der Waals surface area contributed by atoms with Crippen molar-refractivity contribution in [2.45, 2.75) is 77.7 Å². The first-order chi connectivity index (χ1) is 10.2. The molecule has 0 saturated heterocycles. The molecule has 0 aromatic rings. The van der Waals surface area contributed by atoms with Crippen molar-refractivity contribution in [2.24, 2.45) is 39.9 Å². The van der Waals surface area contributed by atoms with Gasteiger partial charge < -0.3 is 5.11 Å². The van der Waals surface area contributed by atoms with Crippen molar-refractivity contribution in [2.75, 3.05) is 0 Å². The van der Waals surface area contributed by atoms with E-state index in [2.05, 4.69) is 20.8 Å². The van der Waals surface area contributed by atoms with Gasteiger partial charge in [0.25, 0.3) is 0 Å². The monoisotopic (exact) mass is 302 g/mol. The van der Waals surface area contributed by atoms with Crippen molar-refractivity contribution in [3.05, 3.63) is 0 Å². The summed E-state index contributed by atoms with van der Waals surface area (Å²) in [6.45, 7) is 6.93. The number of ketones is 1. The standard InChI is InChI=1S/C20H30O2/c1-17(2)14-4-7-19-9-12-10-20(22,11-19)13(12)8-15(19)18(14,3)6-5-16(17)21/h12-15,22H,4-11H2,1-3H3/t12?,13-,14-,15+,18-,19+,20-/m1/s1. The largest absolute Gasteiger partial charge is 0.390 e. The van der Waals surface area contributed by atoms with Crippen molar-refractivity contribution in [3.63, 3.8) is 0 Å². The van der Waals surface area contributed by atoms with E-state index in [9.17, 15) is 9.90 Å². The van der Waals surface area contributed by atoms with Crippen LogP contribution in [-0.2, 0) is 4.79 Å². The van der Waals surface area contributed by atoms with Crippen LogP contribution in [0, 0.1) is 39.9 Å². The number of carbonyl (C=O) groups is 1. The molecular formula is C20H30O2. The minimum absolute atomic E-state index is 0.134. The maximum Gasteiger partial charge on any atom is 0.138 e. The summed E-state index contributed by atoms with van der Waals surface area (Å²) in [5.41, 5.74) is 0.305. The Morgan fingerprint density at radius 2 is 1.86 bits per heavy atom. The summed E-state index contributed by atoms with van der Waals surface area (Å²) in [6.07, 6.45) is 9.13. The van der Waals surface area contributed by atoms with Crippen molar-refractivity contribution in [1.82, 2.24) is 0 Å². The first-order valence-corrected chi connectivity index (χ1v) is 9.47. The van der Waals surface area contributed by atoms with E-state index < -0.39 is 0 Å². The van der Waals surface area contributed by atoms with Gasteiger partial charge in [0.15, 0.2) is 0 Å². The molecule has 1 N–H and O–H groups in total. The highest BCUT2D eigenvalue weighted by Gasteiger charge is 2.73. The number of aliphatic hydroxyl groups is 1. The minimum Gasteiger partial charge on any atom is -0.390 e. The molecule has 7 aliphatic carbocycles. The SMILES string of the molecule is CC1(C)C(=O)CC[C@]2(C)[C@@H]1CC[C@]13CC4C[C@@](O)(C1)[C@@H]4C[C@H]32. The van der Waals surface area contributed by atoms with E-state index in [1.165, 1.54) is 25.7 Å². The van der Waals surface area contributed by atoms with Gasteiger partial charge in [-0.15, -0.1) is 0 Å². The Kier molecular flexibility index (Phi) is 2.33. The second-order valence-electron chi connectivity index (χ2n) is 10.4. The summed E-state index contributed by atoms with van der Waals surface area (Å²) in [7, 11) is 0. The lowest BCUT2D eigenvalue weighted by Gasteiger charge is -2.75. The molecule has 7 aliphatic rings. The number of carbonyl (C=O) groups excluding carboxylic acids is 1. The van der Waals surface area contributed by atoms with E-state index in [1.54, 1.807) is 0 Å². The molecule has 7 rings (SSSR count). The second kappa shape index (κ2) is 3.66. The fraction of sp³-hybridized carbons (Fsp3) is 0.950. The van der Waals surface area contributed by atoms with Gasteiger partial charge in [-0.2, -0.15) is 0 Å². The number of Topliss-reactive ketones (excluding diaryl/α,β-unsaturated/α-hetero) is 1. The third kappa shape index (κ3) is 1.33. The van der Waals surface area contributed by atoms with Gasteiger partial charge in [-0.25, -0.2) is 0 Å². The lowest BCUT2D eigenvalue weighted by atomic mass is 9.30. The first kappa shape index (κ1) is 14.0. The predicted molar refractivity (Wildman–Crippen MR) is 85.2 cm³/mol. The number of rotatable bonds is 0. The lowest BCUT2D eigenvalue weighted by Crippen LogP contribution is -2.72. The van der Waals surface area contributed by atoms with Gasteiger partial charge in [-0.05, 0) is 79.4 Å². The summed E-state index contributed by atoms with van der Waals surface area (Å²) in [5.74, 6) is 3.20. The van der Waals surface area contributed by atoms with E-state index in [0.717, 1.165) is 37.5 Å². The van der Waals surface area contributed by atoms with Gasteiger partial charge >= 0.3 is 0 Å². The highest BCUT2D eigenvalue weighted by Crippen LogP contribution is 2.77. The maximum absolute atomic E-state index is 12.5. The topological polar surface area (TPSA) is 37.3 Å². The van der Waals surface area contributed by atoms with E-state index in [1.807, 2.05) is 0 Å². The molecule has 22 heavy (non-hydrogen) atoms. The molecule has 0 aromatic carbocycles. The zero-order valence-electron chi connectivity index (χ0n) is 14.3. The van der Waals surface area contributed by atoms with Gasteiger partial charge in [0.05, 0.1) is 5.60 Å². The highest BCUT2D eigenvalue weighted by molar-refractivity contribution is 5.85. The number of hydrogen-bond acceptors (Lipinski definition) is 2. The Bertz CT molecular complexity index is 566. The molecule has 0 heterocycles. The van der Waals surface area contributed by atoms with Crippen LogP contribution in [0.1, 0.15) is 72.1 Å². The summed E-state index contributed by atoms with van der Waals surface area (Å²) in [6, 6.07) is 0. The number of fused-ring (bicyclic) bond motifs is 1. The van der Waals surface area contributed by atoms with Crippen LogP contribution in [0.3, 0.4) is 0 Å². The second-order valence-corrected chi connectivity index (χ2v) is 10.4. The van der Waals surface area contributed by atoms with E-state index >= 15 is 0 Å². The molecule has 0 aliphatic heterocycles. The number of hydrogen-bond donors (Lipinski definition) is 1. The molecule has 0 radical (unpaired) electrons. The summed E-state index contributed by atoms with van der Waals surface area (Å²) >= 11 is 0. The molecule has 1 unspecified atom stereocenters.